The average Bonchev–Trinajstić information content (AvgIpc) is 3.17. The molecule has 0 saturated carbocycles. The van der Waals surface area contributed by atoms with Crippen LogP contribution in [0.4, 0.5) is 5.69 Å². The van der Waals surface area contributed by atoms with Gasteiger partial charge in [0.2, 0.25) is 0 Å². The molecule has 6 nitrogen and oxygen atoms in total. The van der Waals surface area contributed by atoms with Crippen molar-refractivity contribution in [2.45, 2.75) is 13.3 Å². The summed E-state index contributed by atoms with van der Waals surface area (Å²) in [5.74, 6) is 0.811. The lowest BCUT2D eigenvalue weighted by atomic mass is 10.2. The molecule has 2 heterocycles. The van der Waals surface area contributed by atoms with Gasteiger partial charge in [-0.15, -0.1) is 11.3 Å². The zero-order valence-corrected chi connectivity index (χ0v) is 18.3. The van der Waals surface area contributed by atoms with Crippen molar-refractivity contribution in [1.82, 2.24) is 9.88 Å². The minimum Gasteiger partial charge on any atom is -0.494 e. The molecule has 0 unspecified atom stereocenters. The molecule has 1 fully saturated rings. The molecular weight excluding hydrogens is 408 g/mol. The van der Waals surface area contributed by atoms with E-state index in [1.807, 2.05) is 65.7 Å². The topological polar surface area (TPSA) is 69.5 Å². The molecule has 0 radical (unpaired) electrons. The Morgan fingerprint density at radius 1 is 1.10 bits per heavy atom. The van der Waals surface area contributed by atoms with Crippen LogP contribution >= 0.6 is 11.3 Å². The maximum absolute atomic E-state index is 13.1. The maximum atomic E-state index is 13.1. The Morgan fingerprint density at radius 3 is 2.58 bits per heavy atom. The van der Waals surface area contributed by atoms with Gasteiger partial charge < -0.3 is 14.5 Å². The van der Waals surface area contributed by atoms with Gasteiger partial charge in [0.25, 0.3) is 5.91 Å². The van der Waals surface area contributed by atoms with Crippen LogP contribution in [0.5, 0.6) is 5.75 Å². The van der Waals surface area contributed by atoms with Crippen LogP contribution in [-0.4, -0.2) is 48.6 Å². The fourth-order valence-corrected chi connectivity index (χ4v) is 4.45. The summed E-state index contributed by atoms with van der Waals surface area (Å²) in [5, 5.41) is 11.7. The molecule has 0 aliphatic carbocycles. The van der Waals surface area contributed by atoms with Gasteiger partial charge in [0, 0.05) is 42.8 Å². The van der Waals surface area contributed by atoms with Crippen LogP contribution in [0.15, 0.2) is 53.9 Å². The van der Waals surface area contributed by atoms with E-state index in [2.05, 4.69) is 16.0 Å². The lowest BCUT2D eigenvalue weighted by Crippen LogP contribution is -2.35. The molecule has 7 heteroatoms. The molecule has 2 aromatic carbocycles. The molecule has 1 aliphatic rings. The first-order chi connectivity index (χ1) is 15.2. The van der Waals surface area contributed by atoms with Gasteiger partial charge in [-0.05, 0) is 61.9 Å². The fourth-order valence-electron chi connectivity index (χ4n) is 3.65. The summed E-state index contributed by atoms with van der Waals surface area (Å²) in [7, 11) is 0. The summed E-state index contributed by atoms with van der Waals surface area (Å²) < 4.78 is 5.49. The maximum Gasteiger partial charge on any atom is 0.273 e. The quantitative estimate of drug-likeness (QED) is 0.596. The normalized spacial score (nSPS) is 14.1. The van der Waals surface area contributed by atoms with Crippen molar-refractivity contribution < 1.29 is 9.53 Å². The van der Waals surface area contributed by atoms with Gasteiger partial charge in [-0.3, -0.25) is 4.79 Å². The Hall–Kier alpha value is -3.37. The van der Waals surface area contributed by atoms with Crippen molar-refractivity contribution in [3.05, 3.63) is 65.2 Å². The highest BCUT2D eigenvalue weighted by Crippen LogP contribution is 2.26. The third-order valence-electron chi connectivity index (χ3n) is 5.28. The first kappa shape index (κ1) is 20.9. The van der Waals surface area contributed by atoms with Gasteiger partial charge in [0.1, 0.15) is 16.5 Å². The van der Waals surface area contributed by atoms with E-state index in [9.17, 15) is 4.79 Å². The molecule has 0 atom stereocenters. The van der Waals surface area contributed by atoms with Crippen molar-refractivity contribution in [3.63, 3.8) is 0 Å². The molecule has 31 heavy (non-hydrogen) atoms. The predicted octanol–water partition coefficient (Wildman–Crippen LogP) is 4.43. The molecule has 1 amide bonds. The Bertz CT molecular complexity index is 1070. The van der Waals surface area contributed by atoms with Crippen LogP contribution in [0.1, 0.15) is 29.4 Å². The first-order valence-corrected chi connectivity index (χ1v) is 11.3. The highest BCUT2D eigenvalue weighted by Gasteiger charge is 2.22. The van der Waals surface area contributed by atoms with Crippen molar-refractivity contribution >= 4 is 22.9 Å². The van der Waals surface area contributed by atoms with E-state index in [-0.39, 0.29) is 5.91 Å². The highest BCUT2D eigenvalue weighted by atomic mass is 32.1. The molecule has 0 spiro atoms. The minimum atomic E-state index is -0.0184. The Morgan fingerprint density at radius 2 is 1.87 bits per heavy atom. The number of thiazole rings is 1. The number of benzene rings is 2. The number of rotatable bonds is 5. The summed E-state index contributed by atoms with van der Waals surface area (Å²) in [6.07, 6.45) is 0.891. The predicted molar refractivity (Wildman–Crippen MR) is 123 cm³/mol. The number of nitriles is 1. The molecule has 0 bridgehead atoms. The average molecular weight is 433 g/mol. The summed E-state index contributed by atoms with van der Waals surface area (Å²) in [4.78, 5) is 21.8. The van der Waals surface area contributed by atoms with E-state index in [4.69, 9.17) is 10.00 Å². The fraction of sp³-hybridized carbons (Fsp3) is 0.292. The number of ether oxygens (including phenoxy) is 1. The summed E-state index contributed by atoms with van der Waals surface area (Å²) in [5.41, 5.74) is 3.22. The minimum absolute atomic E-state index is 0.0184. The number of carbonyl (C=O) groups excluding carboxylic acids is 1. The van der Waals surface area contributed by atoms with Crippen molar-refractivity contribution in [3.8, 4) is 22.4 Å². The molecular formula is C24H24N4O2S. The number of hydrogen-bond donors (Lipinski definition) is 0. The van der Waals surface area contributed by atoms with Crippen LogP contribution in [0.2, 0.25) is 0 Å². The zero-order chi connectivity index (χ0) is 21.6. The number of hydrogen-bond acceptors (Lipinski definition) is 6. The lowest BCUT2D eigenvalue weighted by molar-refractivity contribution is 0.0762. The second-order valence-corrected chi connectivity index (χ2v) is 8.14. The van der Waals surface area contributed by atoms with Gasteiger partial charge in [0.15, 0.2) is 0 Å². The van der Waals surface area contributed by atoms with E-state index >= 15 is 0 Å². The standard InChI is InChI=1S/C24H24N4O2S/c1-2-30-21-10-6-19(7-11-21)23-26-22(17-31-23)24(29)28-13-3-12-27(14-15-28)20-8-4-18(16-25)5-9-20/h4-11,17H,2-3,12-15H2,1H3. The second-order valence-electron chi connectivity index (χ2n) is 7.29. The molecule has 1 aromatic heterocycles. The largest absolute Gasteiger partial charge is 0.494 e. The summed E-state index contributed by atoms with van der Waals surface area (Å²) in [6, 6.07) is 17.6. The van der Waals surface area contributed by atoms with Crippen LogP contribution in [-0.2, 0) is 0 Å². The SMILES string of the molecule is CCOc1ccc(-c2nc(C(=O)N3CCCN(c4ccc(C#N)cc4)CC3)cs2)cc1. The van der Waals surface area contributed by atoms with Gasteiger partial charge >= 0.3 is 0 Å². The van der Waals surface area contributed by atoms with Crippen molar-refractivity contribution in [2.75, 3.05) is 37.7 Å². The Kier molecular flexibility index (Phi) is 6.48. The molecule has 4 rings (SSSR count). The van der Waals surface area contributed by atoms with E-state index in [0.29, 0.717) is 31.0 Å². The summed E-state index contributed by atoms with van der Waals surface area (Å²) in [6.45, 7) is 5.58. The Labute approximate surface area is 186 Å². The van der Waals surface area contributed by atoms with E-state index in [1.54, 1.807) is 0 Å². The van der Waals surface area contributed by atoms with Gasteiger partial charge in [0.05, 0.1) is 18.2 Å². The number of aromatic nitrogens is 1. The first-order valence-electron chi connectivity index (χ1n) is 10.4. The lowest BCUT2D eigenvalue weighted by Gasteiger charge is -2.23. The number of anilines is 1. The number of carbonyl (C=O) groups is 1. The van der Waals surface area contributed by atoms with Crippen LogP contribution in [0.3, 0.4) is 0 Å². The monoisotopic (exact) mass is 432 g/mol. The van der Waals surface area contributed by atoms with Crippen molar-refractivity contribution in [2.24, 2.45) is 0 Å². The van der Waals surface area contributed by atoms with Crippen molar-refractivity contribution in [1.29, 1.82) is 5.26 Å². The highest BCUT2D eigenvalue weighted by molar-refractivity contribution is 7.13. The van der Waals surface area contributed by atoms with Crippen LogP contribution < -0.4 is 9.64 Å². The Balaban J connectivity index is 1.41. The molecule has 158 valence electrons. The molecule has 3 aromatic rings. The van der Waals surface area contributed by atoms with E-state index in [1.165, 1.54) is 11.3 Å². The smallest absolute Gasteiger partial charge is 0.273 e. The molecule has 1 saturated heterocycles. The number of nitrogens with zero attached hydrogens (tertiary/aromatic N) is 4. The van der Waals surface area contributed by atoms with Crippen LogP contribution in [0, 0.1) is 11.3 Å². The van der Waals surface area contributed by atoms with E-state index in [0.717, 1.165) is 41.5 Å². The number of amides is 1. The third kappa shape index (κ3) is 4.86. The molecule has 0 N–H and O–H groups in total. The summed E-state index contributed by atoms with van der Waals surface area (Å²) >= 11 is 1.48. The third-order valence-corrected chi connectivity index (χ3v) is 6.17. The van der Waals surface area contributed by atoms with Gasteiger partial charge in [-0.1, -0.05) is 0 Å². The zero-order valence-electron chi connectivity index (χ0n) is 17.5. The van der Waals surface area contributed by atoms with Gasteiger partial charge in [-0.25, -0.2) is 4.98 Å². The van der Waals surface area contributed by atoms with E-state index < -0.39 is 0 Å². The van der Waals surface area contributed by atoms with Crippen LogP contribution in [0.25, 0.3) is 10.6 Å². The second kappa shape index (κ2) is 9.63. The van der Waals surface area contributed by atoms with Gasteiger partial charge in [-0.2, -0.15) is 5.26 Å². The molecule has 1 aliphatic heterocycles.